The number of piperidine rings is 2. The average Bonchev–Trinajstić information content (AvgIpc) is 2.75. The summed E-state index contributed by atoms with van der Waals surface area (Å²) >= 11 is 0. The third-order valence-corrected chi connectivity index (χ3v) is 6.05. The van der Waals surface area contributed by atoms with Gasteiger partial charge >= 0.3 is 0 Å². The highest BCUT2D eigenvalue weighted by atomic mass is 16.5. The van der Waals surface area contributed by atoms with E-state index < -0.39 is 12.0 Å². The second-order valence-electron chi connectivity index (χ2n) is 7.98. The molecule has 3 unspecified atom stereocenters. The van der Waals surface area contributed by atoms with E-state index in [1.54, 1.807) is 26.0 Å². The van der Waals surface area contributed by atoms with Gasteiger partial charge in [-0.05, 0) is 50.3 Å². The van der Waals surface area contributed by atoms with Crippen molar-refractivity contribution < 1.29 is 19.1 Å². The molecule has 2 heterocycles. The zero-order chi connectivity index (χ0) is 21.0. The van der Waals surface area contributed by atoms with Crippen molar-refractivity contribution in [3.05, 3.63) is 29.8 Å². The van der Waals surface area contributed by atoms with E-state index in [2.05, 4.69) is 5.32 Å². The molecule has 2 saturated heterocycles. The molecule has 0 bridgehead atoms. The third kappa shape index (κ3) is 4.71. The van der Waals surface area contributed by atoms with Gasteiger partial charge in [0, 0.05) is 26.6 Å². The lowest BCUT2D eigenvalue weighted by molar-refractivity contribution is -0.144. The zero-order valence-electron chi connectivity index (χ0n) is 17.5. The van der Waals surface area contributed by atoms with Crippen LogP contribution in [0.5, 0.6) is 5.75 Å². The highest BCUT2D eigenvalue weighted by Crippen LogP contribution is 2.36. The standard InChI is InChI=1S/C22H31N3O4/c1-15(22(28)25-13-5-4-6-14-25)23-21(27)18-11-12-19(26)24(2)20(18)16-7-9-17(29-3)10-8-16/h7-10,15,18,20H,4-6,11-14H2,1-3H3,(H,23,27). The van der Waals surface area contributed by atoms with E-state index >= 15 is 0 Å². The number of methoxy groups -OCH3 is 1. The molecule has 0 radical (unpaired) electrons. The maximum absolute atomic E-state index is 13.1. The van der Waals surface area contributed by atoms with Gasteiger partial charge in [-0.25, -0.2) is 0 Å². The fourth-order valence-electron chi connectivity index (χ4n) is 4.34. The monoisotopic (exact) mass is 401 g/mol. The minimum absolute atomic E-state index is 0.0207. The highest BCUT2D eigenvalue weighted by Gasteiger charge is 2.39. The number of nitrogens with one attached hydrogen (secondary N) is 1. The molecule has 0 aliphatic carbocycles. The molecule has 2 aliphatic rings. The number of nitrogens with zero attached hydrogens (tertiary/aromatic N) is 2. The van der Waals surface area contributed by atoms with Gasteiger partial charge in [-0.2, -0.15) is 0 Å². The maximum atomic E-state index is 13.1. The van der Waals surface area contributed by atoms with Crippen LogP contribution in [0.2, 0.25) is 0 Å². The van der Waals surface area contributed by atoms with Crippen LogP contribution in [0.1, 0.15) is 50.6 Å². The molecular formula is C22H31N3O4. The summed E-state index contributed by atoms with van der Waals surface area (Å²) in [5, 5.41) is 2.91. The van der Waals surface area contributed by atoms with Crippen LogP contribution < -0.4 is 10.1 Å². The normalized spacial score (nSPS) is 23.5. The molecule has 29 heavy (non-hydrogen) atoms. The van der Waals surface area contributed by atoms with E-state index in [1.807, 2.05) is 29.2 Å². The number of rotatable bonds is 5. The number of benzene rings is 1. The van der Waals surface area contributed by atoms with Gasteiger partial charge in [-0.15, -0.1) is 0 Å². The van der Waals surface area contributed by atoms with E-state index in [0.717, 1.165) is 43.7 Å². The zero-order valence-corrected chi connectivity index (χ0v) is 17.5. The van der Waals surface area contributed by atoms with Gasteiger partial charge in [-0.1, -0.05) is 12.1 Å². The van der Waals surface area contributed by atoms with Gasteiger partial charge < -0.3 is 19.9 Å². The van der Waals surface area contributed by atoms with Crippen molar-refractivity contribution in [3.63, 3.8) is 0 Å². The van der Waals surface area contributed by atoms with E-state index in [4.69, 9.17) is 4.74 Å². The number of ether oxygens (including phenoxy) is 1. The summed E-state index contributed by atoms with van der Waals surface area (Å²) < 4.78 is 5.21. The molecule has 1 N–H and O–H groups in total. The number of hydrogen-bond donors (Lipinski definition) is 1. The van der Waals surface area contributed by atoms with E-state index in [1.165, 1.54) is 0 Å². The number of likely N-dealkylation sites (tertiary alicyclic amines) is 2. The van der Waals surface area contributed by atoms with Crippen LogP contribution in [0.15, 0.2) is 24.3 Å². The molecule has 0 spiro atoms. The smallest absolute Gasteiger partial charge is 0.244 e. The molecule has 1 aromatic rings. The number of hydrogen-bond acceptors (Lipinski definition) is 4. The Kier molecular flexibility index (Phi) is 6.77. The maximum Gasteiger partial charge on any atom is 0.244 e. The Labute approximate surface area is 172 Å². The second-order valence-corrected chi connectivity index (χ2v) is 7.98. The Morgan fingerprint density at radius 1 is 1.14 bits per heavy atom. The quantitative estimate of drug-likeness (QED) is 0.820. The van der Waals surface area contributed by atoms with Crippen LogP contribution in [-0.4, -0.2) is 60.8 Å². The first kappa shape index (κ1) is 21.1. The topological polar surface area (TPSA) is 79.0 Å². The molecule has 3 rings (SSSR count). The summed E-state index contributed by atoms with van der Waals surface area (Å²) in [6.45, 7) is 3.26. The fourth-order valence-corrected chi connectivity index (χ4v) is 4.34. The van der Waals surface area contributed by atoms with Gasteiger partial charge in [-0.3, -0.25) is 14.4 Å². The van der Waals surface area contributed by atoms with E-state index in [-0.39, 0.29) is 23.8 Å². The van der Waals surface area contributed by atoms with Crippen molar-refractivity contribution in [2.24, 2.45) is 5.92 Å². The number of carbonyl (C=O) groups is 3. The lowest BCUT2D eigenvalue weighted by Gasteiger charge is -2.39. The molecular weight excluding hydrogens is 370 g/mol. The molecule has 3 amide bonds. The van der Waals surface area contributed by atoms with Crippen molar-refractivity contribution in [2.45, 2.75) is 51.1 Å². The first-order valence-corrected chi connectivity index (χ1v) is 10.4. The van der Waals surface area contributed by atoms with Crippen LogP contribution in [0.4, 0.5) is 0 Å². The van der Waals surface area contributed by atoms with Gasteiger partial charge in [0.1, 0.15) is 11.8 Å². The van der Waals surface area contributed by atoms with Crippen LogP contribution in [-0.2, 0) is 14.4 Å². The van der Waals surface area contributed by atoms with Crippen molar-refractivity contribution in [3.8, 4) is 5.75 Å². The van der Waals surface area contributed by atoms with Crippen molar-refractivity contribution in [1.29, 1.82) is 0 Å². The molecule has 2 aliphatic heterocycles. The van der Waals surface area contributed by atoms with Crippen LogP contribution >= 0.6 is 0 Å². The summed E-state index contributed by atoms with van der Waals surface area (Å²) in [7, 11) is 3.33. The Hall–Kier alpha value is -2.57. The molecule has 0 aromatic heterocycles. The molecule has 0 saturated carbocycles. The summed E-state index contributed by atoms with van der Waals surface area (Å²) in [4.78, 5) is 41.6. The van der Waals surface area contributed by atoms with Crippen LogP contribution in [0.3, 0.4) is 0 Å². The largest absolute Gasteiger partial charge is 0.497 e. The molecule has 1 aromatic carbocycles. The summed E-state index contributed by atoms with van der Waals surface area (Å²) in [6, 6.07) is 6.52. The lowest BCUT2D eigenvalue weighted by atomic mass is 9.83. The summed E-state index contributed by atoms with van der Waals surface area (Å²) in [6.07, 6.45) is 3.98. The van der Waals surface area contributed by atoms with Crippen molar-refractivity contribution in [1.82, 2.24) is 15.1 Å². The third-order valence-electron chi connectivity index (χ3n) is 6.05. The Bertz CT molecular complexity index is 743. The summed E-state index contributed by atoms with van der Waals surface area (Å²) in [5.74, 6) is 0.137. The fraction of sp³-hybridized carbons (Fsp3) is 0.591. The Morgan fingerprint density at radius 3 is 2.41 bits per heavy atom. The predicted molar refractivity (Wildman–Crippen MR) is 109 cm³/mol. The van der Waals surface area contributed by atoms with Crippen molar-refractivity contribution in [2.75, 3.05) is 27.2 Å². The highest BCUT2D eigenvalue weighted by molar-refractivity contribution is 5.90. The van der Waals surface area contributed by atoms with Gasteiger partial charge in [0.15, 0.2) is 0 Å². The first-order valence-electron chi connectivity index (χ1n) is 10.4. The minimum atomic E-state index is -0.569. The lowest BCUT2D eigenvalue weighted by Crippen LogP contribution is -2.52. The molecule has 3 atom stereocenters. The Balaban J connectivity index is 1.73. The van der Waals surface area contributed by atoms with E-state index in [0.29, 0.717) is 12.8 Å². The van der Waals surface area contributed by atoms with Gasteiger partial charge in [0.25, 0.3) is 0 Å². The number of carbonyl (C=O) groups excluding carboxylic acids is 3. The van der Waals surface area contributed by atoms with Crippen LogP contribution in [0.25, 0.3) is 0 Å². The van der Waals surface area contributed by atoms with Gasteiger partial charge in [0.2, 0.25) is 17.7 Å². The SMILES string of the molecule is COc1ccc(C2C(C(=O)NC(C)C(=O)N3CCCCC3)CCC(=O)N2C)cc1. The second kappa shape index (κ2) is 9.29. The van der Waals surface area contributed by atoms with Crippen LogP contribution in [0, 0.1) is 5.92 Å². The molecule has 2 fully saturated rings. The minimum Gasteiger partial charge on any atom is -0.497 e. The van der Waals surface area contributed by atoms with Gasteiger partial charge in [0.05, 0.1) is 19.1 Å². The predicted octanol–water partition coefficient (Wildman–Crippen LogP) is 2.12. The van der Waals surface area contributed by atoms with E-state index in [9.17, 15) is 14.4 Å². The molecule has 158 valence electrons. The number of amides is 3. The molecule has 7 heteroatoms. The van der Waals surface area contributed by atoms with Crippen molar-refractivity contribution >= 4 is 17.7 Å². The Morgan fingerprint density at radius 2 is 1.79 bits per heavy atom. The first-order chi connectivity index (χ1) is 13.9. The molecule has 7 nitrogen and oxygen atoms in total. The summed E-state index contributed by atoms with van der Waals surface area (Å²) in [5.41, 5.74) is 0.886. The average molecular weight is 402 g/mol.